The zero-order valence-corrected chi connectivity index (χ0v) is 12.1. The first-order valence-electron chi connectivity index (χ1n) is 6.93. The summed E-state index contributed by atoms with van der Waals surface area (Å²) in [5, 5.41) is 0. The van der Waals surface area contributed by atoms with Crippen LogP contribution in [0.3, 0.4) is 0 Å². The number of Topliss-reactive ketones (excluding diaryl/α,β-unsaturated/α-hetero) is 1. The van der Waals surface area contributed by atoms with Gasteiger partial charge >= 0.3 is 0 Å². The van der Waals surface area contributed by atoms with Crippen LogP contribution >= 0.6 is 11.3 Å². The molecule has 2 heteroatoms. The second-order valence-electron chi connectivity index (χ2n) is 5.36. The first kappa shape index (κ1) is 12.6. The van der Waals surface area contributed by atoms with Gasteiger partial charge in [-0.15, -0.1) is 11.3 Å². The average Bonchev–Trinajstić information content (AvgIpc) is 2.82. The molecule has 1 heterocycles. The van der Waals surface area contributed by atoms with Gasteiger partial charge in [-0.1, -0.05) is 29.8 Å². The molecule has 1 aliphatic rings. The Kier molecular flexibility index (Phi) is 3.52. The maximum absolute atomic E-state index is 12.4. The quantitative estimate of drug-likeness (QED) is 0.757. The second-order valence-corrected chi connectivity index (χ2v) is 6.49. The Morgan fingerprint density at radius 1 is 1.21 bits per heavy atom. The second kappa shape index (κ2) is 5.30. The average molecular weight is 270 g/mol. The molecule has 1 nitrogen and oxygen atoms in total. The lowest BCUT2D eigenvalue weighted by molar-refractivity contribution is 0.0997. The van der Waals surface area contributed by atoms with Gasteiger partial charge < -0.3 is 0 Å². The van der Waals surface area contributed by atoms with E-state index in [1.54, 1.807) is 11.3 Å². The molecule has 0 saturated carbocycles. The predicted molar refractivity (Wildman–Crippen MR) is 80.2 cm³/mol. The summed E-state index contributed by atoms with van der Waals surface area (Å²) < 4.78 is 0. The SMILES string of the molecule is Cc1cccc(CC(=O)c2cc3c(s2)CCCC3)c1. The number of rotatable bonds is 3. The summed E-state index contributed by atoms with van der Waals surface area (Å²) in [4.78, 5) is 14.7. The van der Waals surface area contributed by atoms with E-state index in [2.05, 4.69) is 25.1 Å². The van der Waals surface area contributed by atoms with Crippen LogP contribution in [0.15, 0.2) is 30.3 Å². The summed E-state index contributed by atoms with van der Waals surface area (Å²) in [6.45, 7) is 2.07. The van der Waals surface area contributed by atoms with Crippen LogP contribution in [-0.4, -0.2) is 5.78 Å². The minimum atomic E-state index is 0.269. The number of hydrogen-bond donors (Lipinski definition) is 0. The fraction of sp³-hybridized carbons (Fsp3) is 0.353. The van der Waals surface area contributed by atoms with Crippen LogP contribution in [0.5, 0.6) is 0 Å². The Hall–Kier alpha value is -1.41. The molecule has 0 spiro atoms. The lowest BCUT2D eigenvalue weighted by Crippen LogP contribution is -2.01. The van der Waals surface area contributed by atoms with E-state index >= 15 is 0 Å². The topological polar surface area (TPSA) is 17.1 Å². The number of aryl methyl sites for hydroxylation is 3. The molecular formula is C17H18OS. The number of ketones is 1. The molecule has 0 aliphatic heterocycles. The van der Waals surface area contributed by atoms with Gasteiger partial charge in [0.25, 0.3) is 0 Å². The van der Waals surface area contributed by atoms with E-state index in [0.717, 1.165) is 23.3 Å². The fourth-order valence-corrected chi connectivity index (χ4v) is 3.91. The van der Waals surface area contributed by atoms with E-state index in [4.69, 9.17) is 0 Å². The van der Waals surface area contributed by atoms with Crippen molar-refractivity contribution in [3.63, 3.8) is 0 Å². The molecule has 3 rings (SSSR count). The van der Waals surface area contributed by atoms with Crippen molar-refractivity contribution in [1.29, 1.82) is 0 Å². The third-order valence-electron chi connectivity index (χ3n) is 3.72. The molecule has 0 N–H and O–H groups in total. The van der Waals surface area contributed by atoms with Crippen molar-refractivity contribution >= 4 is 17.1 Å². The van der Waals surface area contributed by atoms with Gasteiger partial charge in [-0.25, -0.2) is 0 Å². The van der Waals surface area contributed by atoms with E-state index in [1.165, 1.54) is 28.8 Å². The highest BCUT2D eigenvalue weighted by Gasteiger charge is 2.17. The molecule has 0 fully saturated rings. The van der Waals surface area contributed by atoms with Crippen LogP contribution in [0.1, 0.15) is 44.1 Å². The number of fused-ring (bicyclic) bond motifs is 1. The van der Waals surface area contributed by atoms with Gasteiger partial charge in [0.2, 0.25) is 0 Å². The van der Waals surface area contributed by atoms with Gasteiger partial charge in [-0.05, 0) is 49.8 Å². The van der Waals surface area contributed by atoms with Gasteiger partial charge in [-0.3, -0.25) is 4.79 Å². The van der Waals surface area contributed by atoms with Gasteiger partial charge in [0.05, 0.1) is 4.88 Å². The summed E-state index contributed by atoms with van der Waals surface area (Å²) in [6, 6.07) is 10.4. The Balaban J connectivity index is 1.78. The number of benzene rings is 1. The number of hydrogen-bond acceptors (Lipinski definition) is 2. The van der Waals surface area contributed by atoms with E-state index in [-0.39, 0.29) is 5.78 Å². The molecule has 1 aromatic carbocycles. The van der Waals surface area contributed by atoms with Crippen molar-refractivity contribution in [3.8, 4) is 0 Å². The van der Waals surface area contributed by atoms with Crippen molar-refractivity contribution in [2.45, 2.75) is 39.0 Å². The minimum absolute atomic E-state index is 0.269. The Morgan fingerprint density at radius 3 is 2.84 bits per heavy atom. The lowest BCUT2D eigenvalue weighted by atomic mass is 9.98. The van der Waals surface area contributed by atoms with Gasteiger partial charge in [0, 0.05) is 11.3 Å². The zero-order chi connectivity index (χ0) is 13.2. The molecular weight excluding hydrogens is 252 g/mol. The van der Waals surface area contributed by atoms with E-state index in [0.29, 0.717) is 6.42 Å². The molecule has 0 radical (unpaired) electrons. The summed E-state index contributed by atoms with van der Waals surface area (Å²) in [5.74, 6) is 0.269. The third-order valence-corrected chi connectivity index (χ3v) is 5.00. The highest BCUT2D eigenvalue weighted by molar-refractivity contribution is 7.14. The third kappa shape index (κ3) is 2.79. The molecule has 0 saturated heterocycles. The maximum Gasteiger partial charge on any atom is 0.177 e. The van der Waals surface area contributed by atoms with Crippen molar-refractivity contribution in [1.82, 2.24) is 0 Å². The van der Waals surface area contributed by atoms with Gasteiger partial charge in [0.15, 0.2) is 5.78 Å². The van der Waals surface area contributed by atoms with Crippen molar-refractivity contribution in [2.24, 2.45) is 0 Å². The van der Waals surface area contributed by atoms with Crippen LogP contribution in [0.25, 0.3) is 0 Å². The largest absolute Gasteiger partial charge is 0.293 e. The summed E-state index contributed by atoms with van der Waals surface area (Å²) in [5.41, 5.74) is 3.76. The molecule has 98 valence electrons. The van der Waals surface area contributed by atoms with Crippen LogP contribution in [0.4, 0.5) is 0 Å². The smallest absolute Gasteiger partial charge is 0.177 e. The molecule has 1 aromatic heterocycles. The zero-order valence-electron chi connectivity index (χ0n) is 11.2. The highest BCUT2D eigenvalue weighted by Crippen LogP contribution is 2.30. The molecule has 19 heavy (non-hydrogen) atoms. The summed E-state index contributed by atoms with van der Waals surface area (Å²) in [6.07, 6.45) is 5.40. The van der Waals surface area contributed by atoms with E-state index in [1.807, 2.05) is 12.1 Å². The molecule has 0 unspecified atom stereocenters. The standard InChI is InChI=1S/C17H18OS/c1-12-5-4-6-13(9-12)10-15(18)17-11-14-7-2-3-8-16(14)19-17/h4-6,9,11H,2-3,7-8,10H2,1H3. The Morgan fingerprint density at radius 2 is 2.05 bits per heavy atom. The fourth-order valence-electron chi connectivity index (χ4n) is 2.72. The van der Waals surface area contributed by atoms with Crippen LogP contribution in [0.2, 0.25) is 0 Å². The normalized spacial score (nSPS) is 14.2. The van der Waals surface area contributed by atoms with Gasteiger partial charge in [-0.2, -0.15) is 0 Å². The van der Waals surface area contributed by atoms with Crippen LogP contribution in [0, 0.1) is 6.92 Å². The summed E-state index contributed by atoms with van der Waals surface area (Å²) >= 11 is 1.72. The molecule has 0 atom stereocenters. The number of thiophene rings is 1. The Bertz CT molecular complexity index is 586. The van der Waals surface area contributed by atoms with Crippen LogP contribution < -0.4 is 0 Å². The predicted octanol–water partition coefficient (Wildman–Crippen LogP) is 4.36. The number of carbonyl (C=O) groups excluding carboxylic acids is 1. The molecule has 1 aliphatic carbocycles. The molecule has 2 aromatic rings. The van der Waals surface area contributed by atoms with Gasteiger partial charge in [0.1, 0.15) is 0 Å². The first-order chi connectivity index (χ1) is 9.22. The van der Waals surface area contributed by atoms with Crippen molar-refractivity contribution < 1.29 is 4.79 Å². The monoisotopic (exact) mass is 270 g/mol. The van der Waals surface area contributed by atoms with Crippen molar-refractivity contribution in [2.75, 3.05) is 0 Å². The number of carbonyl (C=O) groups is 1. The van der Waals surface area contributed by atoms with Crippen LogP contribution in [-0.2, 0) is 19.3 Å². The van der Waals surface area contributed by atoms with E-state index < -0.39 is 0 Å². The molecule has 0 bridgehead atoms. The maximum atomic E-state index is 12.4. The van der Waals surface area contributed by atoms with Crippen molar-refractivity contribution in [3.05, 3.63) is 56.8 Å². The first-order valence-corrected chi connectivity index (χ1v) is 7.74. The summed E-state index contributed by atoms with van der Waals surface area (Å²) in [7, 11) is 0. The Labute approximate surface area is 118 Å². The molecule has 0 amide bonds. The van der Waals surface area contributed by atoms with E-state index in [9.17, 15) is 4.79 Å². The highest BCUT2D eigenvalue weighted by atomic mass is 32.1. The lowest BCUT2D eigenvalue weighted by Gasteiger charge is -2.08. The minimum Gasteiger partial charge on any atom is -0.293 e.